The van der Waals surface area contributed by atoms with Crippen molar-refractivity contribution in [1.82, 2.24) is 4.98 Å². The van der Waals surface area contributed by atoms with Gasteiger partial charge in [0.05, 0.1) is 0 Å². The zero-order chi connectivity index (χ0) is 17.7. The van der Waals surface area contributed by atoms with Gasteiger partial charge in [0.1, 0.15) is 5.60 Å². The van der Waals surface area contributed by atoms with Gasteiger partial charge in [0, 0.05) is 24.6 Å². The number of ether oxygens (including phenoxy) is 1. The number of pyridine rings is 1. The molecule has 1 aromatic heterocycles. The van der Waals surface area contributed by atoms with Crippen molar-refractivity contribution in [3.63, 3.8) is 0 Å². The Morgan fingerprint density at radius 3 is 2.17 bits per heavy atom. The highest BCUT2D eigenvalue weighted by molar-refractivity contribution is 5.87. The highest BCUT2D eigenvalue weighted by Crippen LogP contribution is 2.18. The van der Waals surface area contributed by atoms with Crippen LogP contribution in [0.3, 0.4) is 0 Å². The molecule has 0 atom stereocenters. The molecule has 0 aliphatic rings. The van der Waals surface area contributed by atoms with Crippen LogP contribution in [0, 0.1) is 6.92 Å². The van der Waals surface area contributed by atoms with E-state index in [1.165, 1.54) is 4.90 Å². The lowest BCUT2D eigenvalue weighted by atomic mass is 10.1. The molecular weight excluding hydrogens is 300 g/mol. The van der Waals surface area contributed by atoms with E-state index in [0.717, 1.165) is 22.5 Å². The van der Waals surface area contributed by atoms with Crippen molar-refractivity contribution in [2.24, 2.45) is 0 Å². The van der Waals surface area contributed by atoms with Crippen LogP contribution >= 0.6 is 0 Å². The van der Waals surface area contributed by atoms with Crippen molar-refractivity contribution in [1.29, 1.82) is 0 Å². The molecule has 24 heavy (non-hydrogen) atoms. The number of nitrogens with zero attached hydrogens (tertiary/aromatic N) is 2. The largest absolute Gasteiger partial charge is 0.443 e. The molecular formula is C20H24N2O2. The Hall–Kier alpha value is -2.62. The summed E-state index contributed by atoms with van der Waals surface area (Å²) in [5.74, 6) is 0. The van der Waals surface area contributed by atoms with Crippen molar-refractivity contribution in [2.75, 3.05) is 11.9 Å². The van der Waals surface area contributed by atoms with E-state index in [2.05, 4.69) is 4.98 Å². The Labute approximate surface area is 143 Å². The molecule has 0 saturated carbocycles. The highest BCUT2D eigenvalue weighted by atomic mass is 16.6. The van der Waals surface area contributed by atoms with Gasteiger partial charge in [-0.25, -0.2) is 4.79 Å². The van der Waals surface area contributed by atoms with Crippen molar-refractivity contribution >= 4 is 23.9 Å². The minimum Gasteiger partial charge on any atom is -0.443 e. The van der Waals surface area contributed by atoms with Crippen LogP contribution < -0.4 is 4.90 Å². The van der Waals surface area contributed by atoms with E-state index >= 15 is 0 Å². The molecule has 1 aromatic carbocycles. The second-order valence-electron chi connectivity index (χ2n) is 6.70. The van der Waals surface area contributed by atoms with Gasteiger partial charge in [-0.2, -0.15) is 0 Å². The molecule has 1 heterocycles. The van der Waals surface area contributed by atoms with E-state index in [0.29, 0.717) is 0 Å². The van der Waals surface area contributed by atoms with Crippen LogP contribution in [-0.2, 0) is 4.74 Å². The maximum atomic E-state index is 12.1. The van der Waals surface area contributed by atoms with E-state index in [1.807, 2.05) is 82.4 Å². The lowest BCUT2D eigenvalue weighted by Gasteiger charge is -2.24. The summed E-state index contributed by atoms with van der Waals surface area (Å²) in [5.41, 5.74) is 3.39. The number of aryl methyl sites for hydroxylation is 1. The molecule has 0 radical (unpaired) electrons. The zero-order valence-corrected chi connectivity index (χ0v) is 14.9. The molecule has 0 aliphatic carbocycles. The third-order valence-corrected chi connectivity index (χ3v) is 3.35. The minimum absolute atomic E-state index is 0.364. The highest BCUT2D eigenvalue weighted by Gasteiger charge is 2.20. The summed E-state index contributed by atoms with van der Waals surface area (Å²) in [6.45, 7) is 7.53. The summed E-state index contributed by atoms with van der Waals surface area (Å²) < 4.78 is 5.37. The fraction of sp³-hybridized carbons (Fsp3) is 0.300. The standard InChI is InChI=1S/C20H24N2O2/c1-15-6-7-17(14-21-15)9-8-16-10-12-18(13-11-16)22(5)19(23)24-20(2,3)4/h6-14H,1-5H3. The van der Waals surface area contributed by atoms with Gasteiger partial charge in [0.25, 0.3) is 0 Å². The normalized spacial score (nSPS) is 11.5. The first-order valence-electron chi connectivity index (χ1n) is 7.92. The Morgan fingerprint density at radius 1 is 1.04 bits per heavy atom. The number of benzene rings is 1. The van der Waals surface area contributed by atoms with Crippen LogP contribution in [0.1, 0.15) is 37.6 Å². The van der Waals surface area contributed by atoms with E-state index in [1.54, 1.807) is 7.05 Å². The predicted molar refractivity (Wildman–Crippen MR) is 99.0 cm³/mol. The van der Waals surface area contributed by atoms with Gasteiger partial charge in [-0.15, -0.1) is 0 Å². The Morgan fingerprint density at radius 2 is 1.62 bits per heavy atom. The summed E-state index contributed by atoms with van der Waals surface area (Å²) in [6, 6.07) is 11.7. The predicted octanol–water partition coefficient (Wildman–Crippen LogP) is 4.93. The van der Waals surface area contributed by atoms with Gasteiger partial charge in [0.2, 0.25) is 0 Å². The molecule has 0 spiro atoms. The van der Waals surface area contributed by atoms with Crippen molar-refractivity contribution < 1.29 is 9.53 Å². The lowest BCUT2D eigenvalue weighted by Crippen LogP contribution is -2.34. The van der Waals surface area contributed by atoms with Crippen molar-refractivity contribution in [3.8, 4) is 0 Å². The van der Waals surface area contributed by atoms with Crippen LogP contribution in [0.5, 0.6) is 0 Å². The molecule has 0 aliphatic heterocycles. The summed E-state index contributed by atoms with van der Waals surface area (Å²) in [6.07, 6.45) is 5.51. The van der Waals surface area contributed by atoms with Crippen molar-refractivity contribution in [3.05, 3.63) is 59.4 Å². The molecule has 0 bridgehead atoms. The van der Waals surface area contributed by atoms with E-state index in [4.69, 9.17) is 4.74 Å². The molecule has 0 fully saturated rings. The van der Waals surface area contributed by atoms with Crippen LogP contribution in [0.2, 0.25) is 0 Å². The van der Waals surface area contributed by atoms with Crippen LogP contribution in [0.25, 0.3) is 12.2 Å². The second kappa shape index (κ2) is 7.30. The van der Waals surface area contributed by atoms with Gasteiger partial charge in [-0.3, -0.25) is 9.88 Å². The van der Waals surface area contributed by atoms with Crippen LogP contribution in [0.4, 0.5) is 10.5 Å². The summed E-state index contributed by atoms with van der Waals surface area (Å²) in [5, 5.41) is 0. The fourth-order valence-electron chi connectivity index (χ4n) is 2.02. The Bertz CT molecular complexity index is 711. The van der Waals surface area contributed by atoms with Gasteiger partial charge in [-0.05, 0) is 57.0 Å². The van der Waals surface area contributed by atoms with Gasteiger partial charge in [0.15, 0.2) is 0 Å². The first-order chi connectivity index (χ1) is 11.2. The maximum absolute atomic E-state index is 12.1. The number of carbonyl (C=O) groups is 1. The minimum atomic E-state index is -0.504. The van der Waals surface area contributed by atoms with Crippen LogP contribution in [-0.4, -0.2) is 23.7 Å². The third kappa shape index (κ3) is 5.23. The zero-order valence-electron chi connectivity index (χ0n) is 14.9. The lowest BCUT2D eigenvalue weighted by molar-refractivity contribution is 0.0589. The molecule has 1 amide bonds. The van der Waals surface area contributed by atoms with E-state index in [9.17, 15) is 4.79 Å². The average molecular weight is 324 g/mol. The summed E-state index contributed by atoms with van der Waals surface area (Å²) in [4.78, 5) is 17.8. The van der Waals surface area contributed by atoms with Crippen molar-refractivity contribution in [2.45, 2.75) is 33.3 Å². The molecule has 0 unspecified atom stereocenters. The quantitative estimate of drug-likeness (QED) is 0.804. The first-order valence-corrected chi connectivity index (χ1v) is 7.92. The summed E-state index contributed by atoms with van der Waals surface area (Å²) in [7, 11) is 1.71. The summed E-state index contributed by atoms with van der Waals surface area (Å²) >= 11 is 0. The first kappa shape index (κ1) is 17.7. The third-order valence-electron chi connectivity index (χ3n) is 3.35. The van der Waals surface area contributed by atoms with Gasteiger partial charge in [-0.1, -0.05) is 30.4 Å². The van der Waals surface area contributed by atoms with Gasteiger partial charge < -0.3 is 4.74 Å². The van der Waals surface area contributed by atoms with Gasteiger partial charge >= 0.3 is 6.09 Å². The number of aromatic nitrogens is 1. The molecule has 4 heteroatoms. The number of anilines is 1. The average Bonchev–Trinajstić information content (AvgIpc) is 2.52. The SMILES string of the molecule is Cc1ccc(C=Cc2ccc(N(C)C(=O)OC(C)(C)C)cc2)cn1. The van der Waals surface area contributed by atoms with E-state index < -0.39 is 5.60 Å². The van der Waals surface area contributed by atoms with E-state index in [-0.39, 0.29) is 6.09 Å². The number of hydrogen-bond donors (Lipinski definition) is 0. The Balaban J connectivity index is 2.04. The molecule has 126 valence electrons. The number of hydrogen-bond acceptors (Lipinski definition) is 3. The van der Waals surface area contributed by atoms with Crippen LogP contribution in [0.15, 0.2) is 42.6 Å². The second-order valence-corrected chi connectivity index (χ2v) is 6.70. The molecule has 0 N–H and O–H groups in total. The smallest absolute Gasteiger partial charge is 0.414 e. The fourth-order valence-corrected chi connectivity index (χ4v) is 2.02. The molecule has 2 aromatic rings. The number of carbonyl (C=O) groups excluding carboxylic acids is 1. The Kier molecular flexibility index (Phi) is 5.39. The molecule has 2 rings (SSSR count). The number of amides is 1. The number of rotatable bonds is 3. The topological polar surface area (TPSA) is 42.4 Å². The molecule has 4 nitrogen and oxygen atoms in total. The maximum Gasteiger partial charge on any atom is 0.414 e. The monoisotopic (exact) mass is 324 g/mol. The molecule has 0 saturated heterocycles.